The Morgan fingerprint density at radius 2 is 1.72 bits per heavy atom. The number of aliphatic hydroxyl groups is 1. The third-order valence-corrected chi connectivity index (χ3v) is 5.74. The zero-order valence-corrected chi connectivity index (χ0v) is 18.7. The average molecular weight is 395 g/mol. The van der Waals surface area contributed by atoms with Gasteiger partial charge in [-0.3, -0.25) is 4.98 Å². The lowest BCUT2D eigenvalue weighted by atomic mass is 10.0. The molecule has 0 fully saturated rings. The van der Waals surface area contributed by atoms with E-state index >= 15 is 0 Å². The molecule has 0 aromatic carbocycles. The van der Waals surface area contributed by atoms with Crippen LogP contribution < -0.4 is 0 Å². The van der Waals surface area contributed by atoms with Gasteiger partial charge >= 0.3 is 0 Å². The van der Waals surface area contributed by atoms with Gasteiger partial charge in [0.25, 0.3) is 0 Å². The first-order chi connectivity index (χ1) is 13.9. The minimum atomic E-state index is 0.178. The first-order valence-electron chi connectivity index (χ1n) is 10.9. The van der Waals surface area contributed by atoms with Crippen molar-refractivity contribution in [2.24, 2.45) is 0 Å². The van der Waals surface area contributed by atoms with Crippen molar-refractivity contribution < 1.29 is 5.11 Å². The number of nitrogens with zero attached hydrogens (tertiary/aromatic N) is 4. The molecule has 1 N–H and O–H groups in total. The number of aromatic nitrogens is 4. The first kappa shape index (κ1) is 21.4. The minimum absolute atomic E-state index is 0.178. The van der Waals surface area contributed by atoms with E-state index in [2.05, 4.69) is 64.4 Å². The van der Waals surface area contributed by atoms with Gasteiger partial charge in [-0.05, 0) is 56.2 Å². The Morgan fingerprint density at radius 1 is 1.00 bits per heavy atom. The molecule has 5 heteroatoms. The first-order valence-corrected chi connectivity index (χ1v) is 10.9. The number of pyridine rings is 1. The van der Waals surface area contributed by atoms with Crippen molar-refractivity contribution in [1.29, 1.82) is 0 Å². The van der Waals surface area contributed by atoms with Gasteiger partial charge in [0.1, 0.15) is 5.52 Å². The lowest BCUT2D eigenvalue weighted by Gasteiger charge is -2.18. The van der Waals surface area contributed by atoms with Crippen LogP contribution in [0.25, 0.3) is 22.4 Å². The highest BCUT2D eigenvalue weighted by molar-refractivity contribution is 5.80. The fraction of sp³-hybridized carbons (Fsp3) is 0.542. The molecule has 29 heavy (non-hydrogen) atoms. The van der Waals surface area contributed by atoms with Crippen molar-refractivity contribution in [2.75, 3.05) is 6.61 Å². The summed E-state index contributed by atoms with van der Waals surface area (Å²) in [6, 6.07) is 4.53. The molecule has 3 aromatic rings. The van der Waals surface area contributed by atoms with Crippen LogP contribution in [-0.4, -0.2) is 31.2 Å². The molecule has 0 saturated heterocycles. The van der Waals surface area contributed by atoms with Crippen LogP contribution >= 0.6 is 0 Å². The fourth-order valence-corrected chi connectivity index (χ4v) is 3.99. The number of fused-ring (bicyclic) bond motifs is 1. The maximum atomic E-state index is 9.46. The molecule has 1 atom stereocenters. The number of hydrogen-bond donors (Lipinski definition) is 1. The summed E-state index contributed by atoms with van der Waals surface area (Å²) in [6.45, 7) is 13.1. The van der Waals surface area contributed by atoms with E-state index in [1.807, 2.05) is 0 Å². The molecule has 0 aliphatic heterocycles. The molecule has 0 saturated carbocycles. The van der Waals surface area contributed by atoms with E-state index in [0.717, 1.165) is 70.7 Å². The van der Waals surface area contributed by atoms with Gasteiger partial charge in [0.15, 0.2) is 5.65 Å². The quantitative estimate of drug-likeness (QED) is 0.557. The van der Waals surface area contributed by atoms with Gasteiger partial charge in [-0.1, -0.05) is 34.6 Å². The summed E-state index contributed by atoms with van der Waals surface area (Å²) >= 11 is 0. The second-order valence-corrected chi connectivity index (χ2v) is 8.08. The summed E-state index contributed by atoms with van der Waals surface area (Å²) in [5.41, 5.74) is 8.26. The molecule has 0 aliphatic carbocycles. The fourth-order valence-electron chi connectivity index (χ4n) is 3.99. The van der Waals surface area contributed by atoms with Gasteiger partial charge in [-0.2, -0.15) is 0 Å². The Kier molecular flexibility index (Phi) is 6.68. The van der Waals surface area contributed by atoms with E-state index in [9.17, 15) is 5.11 Å². The summed E-state index contributed by atoms with van der Waals surface area (Å²) in [6.07, 6.45) is 5.50. The molecule has 0 unspecified atom stereocenters. The smallest absolute Gasteiger partial charge is 0.159 e. The molecular formula is C24H34N4O. The SMILES string of the molecule is CCc1nc(C(C)C)ccc1-c1nc2c(C)cn([C@H](CC)CCO)c2nc1CC. The van der Waals surface area contributed by atoms with Gasteiger partial charge < -0.3 is 9.67 Å². The molecule has 3 heterocycles. The number of aryl methyl sites for hydroxylation is 3. The third-order valence-electron chi connectivity index (χ3n) is 5.74. The predicted molar refractivity (Wildman–Crippen MR) is 119 cm³/mol. The maximum absolute atomic E-state index is 9.46. The molecular weight excluding hydrogens is 360 g/mol. The maximum Gasteiger partial charge on any atom is 0.159 e. The lowest BCUT2D eigenvalue weighted by molar-refractivity contribution is 0.256. The van der Waals surface area contributed by atoms with Gasteiger partial charge in [0.2, 0.25) is 0 Å². The van der Waals surface area contributed by atoms with Crippen molar-refractivity contribution in [2.45, 2.75) is 79.2 Å². The number of aliphatic hydroxyl groups excluding tert-OH is 1. The predicted octanol–water partition coefficient (Wildman–Crippen LogP) is 5.38. The Labute approximate surface area is 174 Å². The molecule has 156 valence electrons. The molecule has 0 bridgehead atoms. The largest absolute Gasteiger partial charge is 0.396 e. The number of rotatable bonds is 8. The zero-order chi connectivity index (χ0) is 21.1. The van der Waals surface area contributed by atoms with Crippen molar-refractivity contribution in [1.82, 2.24) is 19.5 Å². The molecule has 5 nitrogen and oxygen atoms in total. The molecule has 3 aromatic heterocycles. The van der Waals surface area contributed by atoms with Crippen LogP contribution in [0.2, 0.25) is 0 Å². The molecule has 0 spiro atoms. The topological polar surface area (TPSA) is 63.8 Å². The van der Waals surface area contributed by atoms with E-state index in [0.29, 0.717) is 5.92 Å². The van der Waals surface area contributed by atoms with Crippen molar-refractivity contribution in [3.63, 3.8) is 0 Å². The standard InChI is InChI=1S/C24H34N4O/c1-7-17(12-13-29)28-14-16(6)22-24(28)26-20(9-3)23(27-22)18-10-11-21(15(4)5)25-19(18)8-2/h10-11,14-15,17,29H,7-9,12-13H2,1-6H3/t17-/m1/s1. The van der Waals surface area contributed by atoms with E-state index < -0.39 is 0 Å². The lowest BCUT2D eigenvalue weighted by Crippen LogP contribution is -2.11. The molecule has 3 rings (SSSR count). The van der Waals surface area contributed by atoms with Gasteiger partial charge in [-0.25, -0.2) is 9.97 Å². The van der Waals surface area contributed by atoms with Crippen LogP contribution in [0.1, 0.15) is 82.1 Å². The van der Waals surface area contributed by atoms with Crippen LogP contribution in [0.3, 0.4) is 0 Å². The van der Waals surface area contributed by atoms with Gasteiger partial charge in [0, 0.05) is 35.8 Å². The average Bonchev–Trinajstić information content (AvgIpc) is 3.05. The Hall–Kier alpha value is -2.27. The third kappa shape index (κ3) is 4.06. The van der Waals surface area contributed by atoms with Crippen molar-refractivity contribution in [3.8, 4) is 11.3 Å². The summed E-state index contributed by atoms with van der Waals surface area (Å²) in [5.74, 6) is 0.405. The van der Waals surface area contributed by atoms with E-state index in [-0.39, 0.29) is 12.6 Å². The van der Waals surface area contributed by atoms with Gasteiger partial charge in [-0.15, -0.1) is 0 Å². The summed E-state index contributed by atoms with van der Waals surface area (Å²) in [7, 11) is 0. The van der Waals surface area contributed by atoms with Crippen LogP contribution in [0.5, 0.6) is 0 Å². The molecule has 0 amide bonds. The summed E-state index contributed by atoms with van der Waals surface area (Å²) in [5, 5.41) is 9.46. The number of hydrogen-bond acceptors (Lipinski definition) is 4. The zero-order valence-electron chi connectivity index (χ0n) is 18.7. The second-order valence-electron chi connectivity index (χ2n) is 8.08. The van der Waals surface area contributed by atoms with Crippen LogP contribution in [-0.2, 0) is 12.8 Å². The highest BCUT2D eigenvalue weighted by atomic mass is 16.3. The van der Waals surface area contributed by atoms with Gasteiger partial charge in [0.05, 0.1) is 11.4 Å². The summed E-state index contributed by atoms with van der Waals surface area (Å²) in [4.78, 5) is 15.1. The molecule has 0 aliphatic rings. The Balaban J connectivity index is 2.21. The normalized spacial score (nSPS) is 12.8. The van der Waals surface area contributed by atoms with E-state index in [4.69, 9.17) is 15.0 Å². The molecule has 0 radical (unpaired) electrons. The monoisotopic (exact) mass is 394 g/mol. The Morgan fingerprint density at radius 3 is 2.31 bits per heavy atom. The second kappa shape index (κ2) is 9.04. The highest BCUT2D eigenvalue weighted by Gasteiger charge is 2.20. The minimum Gasteiger partial charge on any atom is -0.396 e. The van der Waals surface area contributed by atoms with Crippen molar-refractivity contribution >= 4 is 11.2 Å². The highest BCUT2D eigenvalue weighted by Crippen LogP contribution is 2.31. The van der Waals surface area contributed by atoms with Crippen LogP contribution in [0, 0.1) is 6.92 Å². The van der Waals surface area contributed by atoms with Crippen LogP contribution in [0.15, 0.2) is 18.3 Å². The van der Waals surface area contributed by atoms with Crippen LogP contribution in [0.4, 0.5) is 0 Å². The van der Waals surface area contributed by atoms with E-state index in [1.54, 1.807) is 0 Å². The Bertz CT molecular complexity index is 990. The van der Waals surface area contributed by atoms with E-state index in [1.165, 1.54) is 0 Å². The van der Waals surface area contributed by atoms with Crippen molar-refractivity contribution in [3.05, 3.63) is 41.0 Å². The summed E-state index contributed by atoms with van der Waals surface area (Å²) < 4.78 is 2.21.